The largest absolute Gasteiger partial charge is 0.452 e. The van der Waals surface area contributed by atoms with Crippen molar-refractivity contribution in [3.63, 3.8) is 0 Å². The summed E-state index contributed by atoms with van der Waals surface area (Å²) in [6.45, 7) is 0. The molecule has 0 saturated heterocycles. The maximum Gasteiger partial charge on any atom is 0.309 e. The third-order valence-corrected chi connectivity index (χ3v) is 2.03. The molecule has 1 heterocycles. The Kier molecular flexibility index (Phi) is 2.20. The summed E-state index contributed by atoms with van der Waals surface area (Å²) >= 11 is 0. The smallest absolute Gasteiger partial charge is 0.309 e. The first-order chi connectivity index (χ1) is 6.81. The third kappa shape index (κ3) is 1.47. The second-order valence-corrected chi connectivity index (χ2v) is 2.92. The van der Waals surface area contributed by atoms with Gasteiger partial charge in [0.15, 0.2) is 5.76 Å². The Balaban J connectivity index is 2.25. The molecular formula is C10H9NO3. The summed E-state index contributed by atoms with van der Waals surface area (Å²) in [6, 6.07) is 7.46. The van der Waals surface area contributed by atoms with Crippen molar-refractivity contribution in [2.75, 3.05) is 0 Å². The van der Waals surface area contributed by atoms with E-state index in [0.29, 0.717) is 12.2 Å². The fraction of sp³-hybridized carbons (Fsp3) is 0.100. The van der Waals surface area contributed by atoms with Gasteiger partial charge in [-0.1, -0.05) is 18.2 Å². The van der Waals surface area contributed by atoms with E-state index >= 15 is 0 Å². The van der Waals surface area contributed by atoms with Crippen molar-refractivity contribution in [3.8, 4) is 5.75 Å². The first kappa shape index (κ1) is 8.77. The van der Waals surface area contributed by atoms with E-state index in [1.807, 2.05) is 18.2 Å². The minimum Gasteiger partial charge on any atom is -0.452 e. The Morgan fingerprint density at radius 3 is 3.00 bits per heavy atom. The van der Waals surface area contributed by atoms with Crippen LogP contribution < -0.4 is 10.2 Å². The van der Waals surface area contributed by atoms with E-state index in [2.05, 4.69) is 0 Å². The van der Waals surface area contributed by atoms with Gasteiger partial charge >= 0.3 is 5.91 Å². The molecule has 0 aliphatic carbocycles. The number of ether oxygens (including phenoxy) is 1. The monoisotopic (exact) mass is 191 g/mol. The maximum atomic E-state index is 11.0. The van der Waals surface area contributed by atoms with E-state index in [-0.39, 0.29) is 5.76 Å². The van der Waals surface area contributed by atoms with Crippen LogP contribution in [0.5, 0.6) is 5.75 Å². The van der Waals surface area contributed by atoms with E-state index in [4.69, 9.17) is 9.94 Å². The van der Waals surface area contributed by atoms with Crippen molar-refractivity contribution in [1.82, 2.24) is 5.48 Å². The molecule has 0 radical (unpaired) electrons. The van der Waals surface area contributed by atoms with Gasteiger partial charge in [-0.05, 0) is 24.1 Å². The van der Waals surface area contributed by atoms with Crippen LogP contribution in [0, 0.1) is 0 Å². The predicted molar refractivity (Wildman–Crippen MR) is 48.8 cm³/mol. The fourth-order valence-corrected chi connectivity index (χ4v) is 1.33. The van der Waals surface area contributed by atoms with Crippen LogP contribution in [0.3, 0.4) is 0 Å². The van der Waals surface area contributed by atoms with Crippen molar-refractivity contribution in [3.05, 3.63) is 41.7 Å². The normalized spacial score (nSPS) is 13.6. The molecule has 72 valence electrons. The molecular weight excluding hydrogens is 182 g/mol. The summed E-state index contributed by atoms with van der Waals surface area (Å²) in [4.78, 5) is 11.0. The zero-order valence-corrected chi connectivity index (χ0v) is 7.36. The highest BCUT2D eigenvalue weighted by Gasteiger charge is 2.16. The quantitative estimate of drug-likeness (QED) is 0.514. The molecule has 2 rings (SSSR count). The highest BCUT2D eigenvalue weighted by Crippen LogP contribution is 2.25. The summed E-state index contributed by atoms with van der Waals surface area (Å²) < 4.78 is 5.27. The second-order valence-electron chi connectivity index (χ2n) is 2.92. The van der Waals surface area contributed by atoms with E-state index in [1.54, 1.807) is 12.1 Å². The van der Waals surface area contributed by atoms with Gasteiger partial charge in [-0.25, -0.2) is 5.48 Å². The van der Waals surface area contributed by atoms with Crippen molar-refractivity contribution in [1.29, 1.82) is 0 Å². The number of carbonyl (C=O) groups excluding carboxylic acids is 1. The molecule has 0 aromatic heterocycles. The van der Waals surface area contributed by atoms with Crippen LogP contribution in [0.1, 0.15) is 5.56 Å². The van der Waals surface area contributed by atoms with Gasteiger partial charge in [0.2, 0.25) is 0 Å². The molecule has 4 heteroatoms. The number of nitrogens with one attached hydrogen (secondary N) is 1. The van der Waals surface area contributed by atoms with Crippen molar-refractivity contribution in [2.24, 2.45) is 0 Å². The number of hydrogen-bond acceptors (Lipinski definition) is 3. The number of carbonyl (C=O) groups is 1. The van der Waals surface area contributed by atoms with Gasteiger partial charge in [0.1, 0.15) is 5.75 Å². The molecule has 0 atom stereocenters. The topological polar surface area (TPSA) is 58.6 Å². The van der Waals surface area contributed by atoms with Crippen LogP contribution >= 0.6 is 0 Å². The number of hydroxylamine groups is 1. The Labute approximate surface area is 80.8 Å². The molecule has 2 N–H and O–H groups in total. The van der Waals surface area contributed by atoms with Crippen LogP contribution in [0.15, 0.2) is 36.1 Å². The lowest BCUT2D eigenvalue weighted by Crippen LogP contribution is -2.25. The van der Waals surface area contributed by atoms with Crippen molar-refractivity contribution in [2.45, 2.75) is 6.42 Å². The Bertz CT molecular complexity index is 398. The number of amides is 1. The lowest BCUT2D eigenvalue weighted by Gasteiger charge is -2.16. The summed E-state index contributed by atoms with van der Waals surface area (Å²) in [7, 11) is 0. The molecule has 1 aliphatic heterocycles. The molecule has 0 unspecified atom stereocenters. The molecule has 0 saturated carbocycles. The minimum absolute atomic E-state index is 0.131. The zero-order chi connectivity index (χ0) is 9.97. The Morgan fingerprint density at radius 1 is 1.43 bits per heavy atom. The standard InChI is InChI=1S/C10H9NO3/c12-10(11-13)9-6-5-7-3-1-2-4-8(7)14-9/h1-4,6,13H,5H2,(H,11,12). The number of hydrogen-bond donors (Lipinski definition) is 2. The Hall–Kier alpha value is -1.81. The number of fused-ring (bicyclic) bond motifs is 1. The fourth-order valence-electron chi connectivity index (χ4n) is 1.33. The number of benzene rings is 1. The number of rotatable bonds is 1. The van der Waals surface area contributed by atoms with E-state index < -0.39 is 5.91 Å². The molecule has 1 aromatic rings. The van der Waals surface area contributed by atoms with Crippen LogP contribution in [0.4, 0.5) is 0 Å². The second kappa shape index (κ2) is 3.51. The van der Waals surface area contributed by atoms with E-state index in [0.717, 1.165) is 5.56 Å². The molecule has 14 heavy (non-hydrogen) atoms. The molecule has 0 spiro atoms. The van der Waals surface area contributed by atoms with Crippen LogP contribution in [-0.2, 0) is 11.2 Å². The van der Waals surface area contributed by atoms with Gasteiger partial charge in [0.05, 0.1) is 0 Å². The lowest BCUT2D eigenvalue weighted by atomic mass is 10.1. The average molecular weight is 191 g/mol. The number of allylic oxidation sites excluding steroid dienone is 1. The highest BCUT2D eigenvalue weighted by molar-refractivity contribution is 5.91. The minimum atomic E-state index is -0.625. The van der Waals surface area contributed by atoms with Gasteiger partial charge in [-0.2, -0.15) is 0 Å². The summed E-state index contributed by atoms with van der Waals surface area (Å²) in [6.07, 6.45) is 2.27. The van der Waals surface area contributed by atoms with Crippen LogP contribution in [0.25, 0.3) is 0 Å². The molecule has 4 nitrogen and oxygen atoms in total. The van der Waals surface area contributed by atoms with Gasteiger partial charge < -0.3 is 4.74 Å². The average Bonchev–Trinajstić information content (AvgIpc) is 2.27. The third-order valence-electron chi connectivity index (χ3n) is 2.03. The van der Waals surface area contributed by atoms with Crippen molar-refractivity contribution < 1.29 is 14.7 Å². The molecule has 1 amide bonds. The van der Waals surface area contributed by atoms with E-state index in [1.165, 1.54) is 5.48 Å². The van der Waals surface area contributed by atoms with Crippen LogP contribution in [-0.4, -0.2) is 11.1 Å². The molecule has 1 aliphatic rings. The van der Waals surface area contributed by atoms with Crippen molar-refractivity contribution >= 4 is 5.91 Å². The van der Waals surface area contributed by atoms with Gasteiger partial charge in [-0.15, -0.1) is 0 Å². The van der Waals surface area contributed by atoms with Gasteiger partial charge in [0.25, 0.3) is 0 Å². The zero-order valence-electron chi connectivity index (χ0n) is 7.36. The SMILES string of the molecule is O=C(NO)C1=CCc2ccccc2O1. The highest BCUT2D eigenvalue weighted by atomic mass is 16.5. The maximum absolute atomic E-state index is 11.0. The lowest BCUT2D eigenvalue weighted by molar-refractivity contribution is -0.127. The molecule has 0 bridgehead atoms. The first-order valence-corrected chi connectivity index (χ1v) is 4.21. The first-order valence-electron chi connectivity index (χ1n) is 4.21. The predicted octanol–water partition coefficient (Wildman–Crippen LogP) is 1.01. The number of para-hydroxylation sites is 1. The van der Waals surface area contributed by atoms with Crippen LogP contribution in [0.2, 0.25) is 0 Å². The van der Waals surface area contributed by atoms with Gasteiger partial charge in [-0.3, -0.25) is 10.0 Å². The van der Waals surface area contributed by atoms with E-state index in [9.17, 15) is 4.79 Å². The Morgan fingerprint density at radius 2 is 2.21 bits per heavy atom. The van der Waals surface area contributed by atoms with Gasteiger partial charge in [0, 0.05) is 0 Å². The summed E-state index contributed by atoms with van der Waals surface area (Å²) in [5.41, 5.74) is 2.56. The molecule has 1 aromatic carbocycles. The molecule has 0 fully saturated rings. The summed E-state index contributed by atoms with van der Waals surface area (Å²) in [5.74, 6) is 0.166. The summed E-state index contributed by atoms with van der Waals surface area (Å²) in [5, 5.41) is 8.41.